The van der Waals surface area contributed by atoms with E-state index in [1.807, 2.05) is 31.2 Å². The first kappa shape index (κ1) is 19.0. The van der Waals surface area contributed by atoms with Gasteiger partial charge < -0.3 is 10.2 Å². The van der Waals surface area contributed by atoms with Crippen molar-refractivity contribution >= 4 is 17.5 Å². The Morgan fingerprint density at radius 1 is 1.07 bits per heavy atom. The summed E-state index contributed by atoms with van der Waals surface area (Å²) in [6, 6.07) is 13.8. The molecule has 0 radical (unpaired) electrons. The van der Waals surface area contributed by atoms with Crippen molar-refractivity contribution in [3.8, 4) is 11.3 Å². The van der Waals surface area contributed by atoms with Crippen molar-refractivity contribution in [2.24, 2.45) is 5.92 Å². The first-order chi connectivity index (χ1) is 14.1. The van der Waals surface area contributed by atoms with E-state index in [-0.39, 0.29) is 17.6 Å². The van der Waals surface area contributed by atoms with Crippen molar-refractivity contribution in [2.75, 3.05) is 23.3 Å². The molecule has 0 spiro atoms. The maximum atomic E-state index is 13.1. The Hall–Kier alpha value is -3.35. The standard InChI is InChI=1S/C22H22FN5O/c1-15-8-11-24-20(14-15)25-22(29)17-9-12-28(13-10-17)21-7-6-19(26-27-21)16-2-4-18(23)5-3-16/h2-8,11,14,17H,9-10,12-13H2,1H3,(H,24,25,29). The molecular formula is C22H22FN5O. The molecule has 1 aliphatic rings. The lowest BCUT2D eigenvalue weighted by Gasteiger charge is -2.31. The Kier molecular flexibility index (Phi) is 5.46. The molecule has 1 N–H and O–H groups in total. The Morgan fingerprint density at radius 3 is 2.48 bits per heavy atom. The predicted octanol–water partition coefficient (Wildman–Crippen LogP) is 3.84. The number of aromatic nitrogens is 3. The number of carbonyl (C=O) groups excluding carboxylic acids is 1. The van der Waals surface area contributed by atoms with Crippen LogP contribution in [0.2, 0.25) is 0 Å². The summed E-state index contributed by atoms with van der Waals surface area (Å²) in [5, 5.41) is 11.5. The van der Waals surface area contributed by atoms with Gasteiger partial charge in [0.2, 0.25) is 5.91 Å². The van der Waals surface area contributed by atoms with Crippen molar-refractivity contribution in [1.82, 2.24) is 15.2 Å². The number of rotatable bonds is 4. The SMILES string of the molecule is Cc1ccnc(NC(=O)C2CCN(c3ccc(-c4ccc(F)cc4)nn3)CC2)c1. The van der Waals surface area contributed by atoms with Crippen LogP contribution in [0, 0.1) is 18.7 Å². The molecule has 0 atom stereocenters. The number of aryl methyl sites for hydroxylation is 1. The minimum absolute atomic E-state index is 0.0143. The molecule has 3 heterocycles. The number of piperidine rings is 1. The Labute approximate surface area is 168 Å². The smallest absolute Gasteiger partial charge is 0.228 e. The van der Waals surface area contributed by atoms with Gasteiger partial charge in [0, 0.05) is 30.8 Å². The number of halogens is 1. The van der Waals surface area contributed by atoms with Gasteiger partial charge in [-0.3, -0.25) is 4.79 Å². The molecule has 1 fully saturated rings. The van der Waals surface area contributed by atoms with Crippen LogP contribution in [0.4, 0.5) is 16.0 Å². The van der Waals surface area contributed by atoms with Crippen LogP contribution in [0.1, 0.15) is 18.4 Å². The molecule has 0 bridgehead atoms. The zero-order chi connectivity index (χ0) is 20.2. The number of benzene rings is 1. The number of nitrogens with zero attached hydrogens (tertiary/aromatic N) is 4. The lowest BCUT2D eigenvalue weighted by Crippen LogP contribution is -2.38. The molecule has 3 aromatic rings. The number of hydrogen-bond donors (Lipinski definition) is 1. The molecule has 2 aromatic heterocycles. The molecule has 1 amide bonds. The Balaban J connectivity index is 1.34. The molecule has 148 valence electrons. The average molecular weight is 391 g/mol. The summed E-state index contributed by atoms with van der Waals surface area (Å²) in [6.07, 6.45) is 3.19. The lowest BCUT2D eigenvalue weighted by molar-refractivity contribution is -0.120. The molecular weight excluding hydrogens is 369 g/mol. The van der Waals surface area contributed by atoms with E-state index < -0.39 is 0 Å². The summed E-state index contributed by atoms with van der Waals surface area (Å²) in [5.74, 6) is 1.08. The van der Waals surface area contributed by atoms with E-state index in [1.165, 1.54) is 12.1 Å². The molecule has 6 nitrogen and oxygen atoms in total. The highest BCUT2D eigenvalue weighted by Gasteiger charge is 2.26. The summed E-state index contributed by atoms with van der Waals surface area (Å²) in [5.41, 5.74) is 2.59. The third-order valence-electron chi connectivity index (χ3n) is 5.15. The maximum absolute atomic E-state index is 13.1. The highest BCUT2D eigenvalue weighted by Crippen LogP contribution is 2.24. The molecule has 1 saturated heterocycles. The van der Waals surface area contributed by atoms with Gasteiger partial charge in [0.05, 0.1) is 5.69 Å². The van der Waals surface area contributed by atoms with E-state index in [0.29, 0.717) is 11.5 Å². The molecule has 0 unspecified atom stereocenters. The Bertz CT molecular complexity index is 983. The molecule has 7 heteroatoms. The number of nitrogens with one attached hydrogen (secondary N) is 1. The van der Waals surface area contributed by atoms with Gasteiger partial charge in [0.25, 0.3) is 0 Å². The summed E-state index contributed by atoms with van der Waals surface area (Å²) < 4.78 is 13.1. The van der Waals surface area contributed by atoms with Gasteiger partial charge in [0.15, 0.2) is 5.82 Å². The van der Waals surface area contributed by atoms with Gasteiger partial charge in [0.1, 0.15) is 11.6 Å². The van der Waals surface area contributed by atoms with E-state index >= 15 is 0 Å². The molecule has 1 aromatic carbocycles. The van der Waals surface area contributed by atoms with Crippen molar-refractivity contribution in [3.05, 3.63) is 66.1 Å². The van der Waals surface area contributed by atoms with Gasteiger partial charge in [-0.05, 0) is 73.9 Å². The number of amides is 1. The highest BCUT2D eigenvalue weighted by molar-refractivity contribution is 5.91. The molecule has 29 heavy (non-hydrogen) atoms. The fraction of sp³-hybridized carbons (Fsp3) is 0.273. The molecule has 0 saturated carbocycles. The van der Waals surface area contributed by atoms with Crippen LogP contribution in [0.15, 0.2) is 54.7 Å². The highest BCUT2D eigenvalue weighted by atomic mass is 19.1. The summed E-state index contributed by atoms with van der Waals surface area (Å²) in [6.45, 7) is 3.45. The third-order valence-corrected chi connectivity index (χ3v) is 5.15. The first-order valence-electron chi connectivity index (χ1n) is 9.66. The summed E-state index contributed by atoms with van der Waals surface area (Å²) in [7, 11) is 0. The zero-order valence-electron chi connectivity index (χ0n) is 16.2. The summed E-state index contributed by atoms with van der Waals surface area (Å²) >= 11 is 0. The van der Waals surface area contributed by atoms with Crippen LogP contribution in [-0.4, -0.2) is 34.2 Å². The van der Waals surface area contributed by atoms with Crippen molar-refractivity contribution in [1.29, 1.82) is 0 Å². The minimum atomic E-state index is -0.275. The largest absolute Gasteiger partial charge is 0.355 e. The summed E-state index contributed by atoms with van der Waals surface area (Å²) in [4.78, 5) is 18.9. The van der Waals surface area contributed by atoms with E-state index in [0.717, 1.165) is 42.9 Å². The van der Waals surface area contributed by atoms with Gasteiger partial charge in [-0.1, -0.05) is 0 Å². The fourth-order valence-electron chi connectivity index (χ4n) is 3.47. The van der Waals surface area contributed by atoms with Crippen molar-refractivity contribution in [2.45, 2.75) is 19.8 Å². The van der Waals surface area contributed by atoms with Crippen LogP contribution in [0.25, 0.3) is 11.3 Å². The van der Waals surface area contributed by atoms with Gasteiger partial charge in [-0.25, -0.2) is 9.37 Å². The predicted molar refractivity (Wildman–Crippen MR) is 110 cm³/mol. The average Bonchev–Trinajstić information content (AvgIpc) is 2.75. The quantitative estimate of drug-likeness (QED) is 0.732. The molecule has 4 rings (SSSR count). The van der Waals surface area contributed by atoms with E-state index in [2.05, 4.69) is 25.4 Å². The molecule has 1 aliphatic heterocycles. The molecule has 0 aliphatic carbocycles. The fourth-order valence-corrected chi connectivity index (χ4v) is 3.47. The van der Waals surface area contributed by atoms with Crippen LogP contribution < -0.4 is 10.2 Å². The van der Waals surface area contributed by atoms with Gasteiger partial charge in [-0.2, -0.15) is 0 Å². The number of hydrogen-bond acceptors (Lipinski definition) is 5. The van der Waals surface area contributed by atoms with Crippen LogP contribution in [0.5, 0.6) is 0 Å². The monoisotopic (exact) mass is 391 g/mol. The van der Waals surface area contributed by atoms with E-state index in [1.54, 1.807) is 18.3 Å². The topological polar surface area (TPSA) is 71.0 Å². The van der Waals surface area contributed by atoms with Gasteiger partial charge in [-0.15, -0.1) is 10.2 Å². The Morgan fingerprint density at radius 2 is 1.83 bits per heavy atom. The second kappa shape index (κ2) is 8.34. The zero-order valence-corrected chi connectivity index (χ0v) is 16.2. The lowest BCUT2D eigenvalue weighted by atomic mass is 9.96. The van der Waals surface area contributed by atoms with Crippen molar-refractivity contribution in [3.63, 3.8) is 0 Å². The first-order valence-corrected chi connectivity index (χ1v) is 9.66. The second-order valence-electron chi connectivity index (χ2n) is 7.25. The van der Waals surface area contributed by atoms with Crippen LogP contribution in [-0.2, 0) is 4.79 Å². The second-order valence-corrected chi connectivity index (χ2v) is 7.25. The number of anilines is 2. The van der Waals surface area contributed by atoms with E-state index in [4.69, 9.17) is 0 Å². The van der Waals surface area contributed by atoms with Crippen LogP contribution >= 0.6 is 0 Å². The number of pyridine rings is 1. The normalized spacial score (nSPS) is 14.6. The van der Waals surface area contributed by atoms with Crippen LogP contribution in [0.3, 0.4) is 0 Å². The maximum Gasteiger partial charge on any atom is 0.228 e. The van der Waals surface area contributed by atoms with Gasteiger partial charge >= 0.3 is 0 Å². The number of carbonyl (C=O) groups is 1. The van der Waals surface area contributed by atoms with Crippen molar-refractivity contribution < 1.29 is 9.18 Å². The third kappa shape index (κ3) is 4.56. The minimum Gasteiger partial charge on any atom is -0.355 e. The van der Waals surface area contributed by atoms with E-state index in [9.17, 15) is 9.18 Å².